The molecule has 0 aliphatic rings. The molecule has 8 heteroatoms. The monoisotopic (exact) mass is 344 g/mol. The minimum Gasteiger partial charge on any atom is -0.423 e. The summed E-state index contributed by atoms with van der Waals surface area (Å²) in [5, 5.41) is 0.488. The fourth-order valence-electron chi connectivity index (χ4n) is 2.13. The van der Waals surface area contributed by atoms with E-state index in [2.05, 4.69) is 4.72 Å². The highest BCUT2D eigenvalue weighted by atomic mass is 32.2. The lowest BCUT2D eigenvalue weighted by atomic mass is 10.2. The molecule has 0 spiro atoms. The van der Waals surface area contributed by atoms with Crippen molar-refractivity contribution < 1.29 is 17.6 Å². The van der Waals surface area contributed by atoms with Gasteiger partial charge in [0.25, 0.3) is 10.0 Å². The van der Waals surface area contributed by atoms with Crippen molar-refractivity contribution >= 4 is 32.6 Å². The predicted octanol–water partition coefficient (Wildman–Crippen LogP) is 1.69. The highest BCUT2D eigenvalue weighted by Gasteiger charge is 2.15. The minimum atomic E-state index is -3.83. The van der Waals surface area contributed by atoms with E-state index in [9.17, 15) is 18.0 Å². The van der Waals surface area contributed by atoms with Crippen LogP contribution in [0.15, 0.2) is 68.7 Å². The van der Waals surface area contributed by atoms with E-state index in [1.54, 1.807) is 0 Å². The Morgan fingerprint density at radius 3 is 2.38 bits per heavy atom. The van der Waals surface area contributed by atoms with E-state index in [0.29, 0.717) is 16.7 Å². The van der Waals surface area contributed by atoms with Gasteiger partial charge in [0.2, 0.25) is 5.91 Å². The Hall–Kier alpha value is -3.13. The van der Waals surface area contributed by atoms with Gasteiger partial charge >= 0.3 is 5.63 Å². The van der Waals surface area contributed by atoms with Crippen LogP contribution in [0.1, 0.15) is 10.4 Å². The number of amides is 1. The van der Waals surface area contributed by atoms with Crippen LogP contribution in [0.5, 0.6) is 0 Å². The molecule has 0 radical (unpaired) electrons. The van der Waals surface area contributed by atoms with Gasteiger partial charge in [0, 0.05) is 22.7 Å². The highest BCUT2D eigenvalue weighted by Crippen LogP contribution is 2.21. The third-order valence-electron chi connectivity index (χ3n) is 3.32. The summed E-state index contributed by atoms with van der Waals surface area (Å²) in [5.41, 5.74) is 5.49. The fourth-order valence-corrected chi connectivity index (χ4v) is 3.23. The lowest BCUT2D eigenvalue weighted by Gasteiger charge is -2.09. The van der Waals surface area contributed by atoms with Crippen LogP contribution in [0.3, 0.4) is 0 Å². The molecule has 3 N–H and O–H groups in total. The first kappa shape index (κ1) is 15.8. The Labute approximate surface area is 136 Å². The normalized spacial score (nSPS) is 11.3. The van der Waals surface area contributed by atoms with Gasteiger partial charge in [-0.2, -0.15) is 0 Å². The fraction of sp³-hybridized carbons (Fsp3) is 0. The van der Waals surface area contributed by atoms with Gasteiger partial charge in [-0.25, -0.2) is 13.2 Å². The molecule has 0 unspecified atom stereocenters. The van der Waals surface area contributed by atoms with Crippen LogP contribution >= 0.6 is 0 Å². The molecule has 0 saturated carbocycles. The van der Waals surface area contributed by atoms with Crippen LogP contribution in [-0.4, -0.2) is 14.3 Å². The van der Waals surface area contributed by atoms with E-state index in [4.69, 9.17) is 10.2 Å². The largest absolute Gasteiger partial charge is 0.423 e. The summed E-state index contributed by atoms with van der Waals surface area (Å²) in [7, 11) is -3.83. The number of rotatable bonds is 4. The smallest absolute Gasteiger partial charge is 0.336 e. The van der Waals surface area contributed by atoms with Gasteiger partial charge in [-0.05, 0) is 48.5 Å². The van der Waals surface area contributed by atoms with Crippen LogP contribution in [0.25, 0.3) is 11.0 Å². The molecular formula is C16H12N2O5S. The number of sulfonamides is 1. The molecule has 2 aromatic carbocycles. The van der Waals surface area contributed by atoms with Gasteiger partial charge in [0.1, 0.15) is 5.58 Å². The Bertz CT molecular complexity index is 1090. The Balaban J connectivity index is 1.93. The third-order valence-corrected chi connectivity index (χ3v) is 4.70. The van der Waals surface area contributed by atoms with Gasteiger partial charge in [-0.1, -0.05) is 0 Å². The van der Waals surface area contributed by atoms with E-state index >= 15 is 0 Å². The van der Waals surface area contributed by atoms with E-state index < -0.39 is 21.6 Å². The third kappa shape index (κ3) is 3.13. The van der Waals surface area contributed by atoms with Crippen molar-refractivity contribution in [1.29, 1.82) is 0 Å². The predicted molar refractivity (Wildman–Crippen MR) is 88.3 cm³/mol. The van der Waals surface area contributed by atoms with E-state index in [1.807, 2.05) is 0 Å². The summed E-state index contributed by atoms with van der Waals surface area (Å²) in [6.45, 7) is 0. The molecule has 0 aliphatic carbocycles. The van der Waals surface area contributed by atoms with Crippen LogP contribution in [0.2, 0.25) is 0 Å². The molecule has 0 bridgehead atoms. The number of hydrogen-bond acceptors (Lipinski definition) is 5. The lowest BCUT2D eigenvalue weighted by molar-refractivity contribution is 0.100. The van der Waals surface area contributed by atoms with Gasteiger partial charge in [0.15, 0.2) is 0 Å². The molecule has 1 aromatic heterocycles. The number of benzene rings is 2. The van der Waals surface area contributed by atoms with Crippen molar-refractivity contribution in [1.82, 2.24) is 0 Å². The number of anilines is 1. The number of nitrogens with one attached hydrogen (secondary N) is 1. The minimum absolute atomic E-state index is 0.0165. The van der Waals surface area contributed by atoms with Crippen molar-refractivity contribution in [2.75, 3.05) is 4.72 Å². The maximum absolute atomic E-state index is 12.4. The zero-order chi connectivity index (χ0) is 17.3. The van der Waals surface area contributed by atoms with Crippen molar-refractivity contribution in [2.24, 2.45) is 5.73 Å². The summed E-state index contributed by atoms with van der Waals surface area (Å²) >= 11 is 0. The molecule has 122 valence electrons. The molecular weight excluding hydrogens is 332 g/mol. The molecule has 1 amide bonds. The lowest BCUT2D eigenvalue weighted by Crippen LogP contribution is -2.14. The molecule has 0 saturated heterocycles. The number of nitrogens with two attached hydrogens (primary N) is 1. The van der Waals surface area contributed by atoms with Crippen molar-refractivity contribution in [3.05, 3.63) is 70.6 Å². The topological polar surface area (TPSA) is 119 Å². The van der Waals surface area contributed by atoms with E-state index in [1.165, 1.54) is 54.6 Å². The maximum Gasteiger partial charge on any atom is 0.336 e. The maximum atomic E-state index is 12.4. The average molecular weight is 344 g/mol. The van der Waals surface area contributed by atoms with Gasteiger partial charge in [0.05, 0.1) is 4.90 Å². The summed E-state index contributed by atoms with van der Waals surface area (Å²) in [6.07, 6.45) is 0. The number of carbonyl (C=O) groups is 1. The molecule has 3 rings (SSSR count). The first-order valence-electron chi connectivity index (χ1n) is 6.82. The van der Waals surface area contributed by atoms with Gasteiger partial charge in [-0.3, -0.25) is 9.52 Å². The number of primary amides is 1. The molecule has 0 aliphatic heterocycles. The number of hydrogen-bond donors (Lipinski definition) is 2. The summed E-state index contributed by atoms with van der Waals surface area (Å²) in [4.78, 5) is 22.2. The average Bonchev–Trinajstić information content (AvgIpc) is 2.54. The number of carbonyl (C=O) groups excluding carboxylic acids is 1. The Kier molecular flexibility index (Phi) is 3.82. The van der Waals surface area contributed by atoms with E-state index in [0.717, 1.165) is 0 Å². The molecule has 3 aromatic rings. The van der Waals surface area contributed by atoms with Crippen LogP contribution in [-0.2, 0) is 10.0 Å². The van der Waals surface area contributed by atoms with E-state index in [-0.39, 0.29) is 10.5 Å². The van der Waals surface area contributed by atoms with Gasteiger partial charge in [-0.15, -0.1) is 0 Å². The summed E-state index contributed by atoms with van der Waals surface area (Å²) < 4.78 is 32.2. The highest BCUT2D eigenvalue weighted by molar-refractivity contribution is 7.92. The number of fused-ring (bicyclic) bond motifs is 1. The van der Waals surface area contributed by atoms with Gasteiger partial charge < -0.3 is 10.2 Å². The summed E-state index contributed by atoms with van der Waals surface area (Å²) in [5.74, 6) is -0.597. The first-order chi connectivity index (χ1) is 11.3. The zero-order valence-electron chi connectivity index (χ0n) is 12.2. The van der Waals surface area contributed by atoms with Crippen LogP contribution in [0.4, 0.5) is 5.69 Å². The second kappa shape index (κ2) is 5.82. The molecule has 0 atom stereocenters. The Morgan fingerprint density at radius 1 is 1.00 bits per heavy atom. The van der Waals surface area contributed by atoms with Crippen molar-refractivity contribution in [3.63, 3.8) is 0 Å². The van der Waals surface area contributed by atoms with Crippen LogP contribution in [0, 0.1) is 0 Å². The second-order valence-electron chi connectivity index (χ2n) is 5.00. The first-order valence-corrected chi connectivity index (χ1v) is 8.30. The SMILES string of the molecule is NC(=O)c1ccc(NS(=O)(=O)c2ccc3oc(=O)ccc3c2)cc1. The molecule has 7 nitrogen and oxygen atoms in total. The van der Waals surface area contributed by atoms with Crippen molar-refractivity contribution in [2.45, 2.75) is 4.90 Å². The standard InChI is InChI=1S/C16H12N2O5S/c17-16(20)10-1-4-12(5-2-10)18-24(21,22)13-6-7-14-11(9-13)3-8-15(19)23-14/h1-9,18H,(H2,17,20). The van der Waals surface area contributed by atoms with Crippen molar-refractivity contribution in [3.8, 4) is 0 Å². The summed E-state index contributed by atoms with van der Waals surface area (Å²) in [6, 6.07) is 12.6. The van der Waals surface area contributed by atoms with Crippen LogP contribution < -0.4 is 16.1 Å². The second-order valence-corrected chi connectivity index (χ2v) is 6.68. The zero-order valence-corrected chi connectivity index (χ0v) is 13.0. The molecule has 0 fully saturated rings. The Morgan fingerprint density at radius 2 is 1.71 bits per heavy atom. The molecule has 24 heavy (non-hydrogen) atoms. The quantitative estimate of drug-likeness (QED) is 0.698. The molecule has 1 heterocycles.